The van der Waals surface area contributed by atoms with E-state index >= 15 is 0 Å². The summed E-state index contributed by atoms with van der Waals surface area (Å²) in [4.78, 5) is 48.7. The van der Waals surface area contributed by atoms with Crippen LogP contribution >= 0.6 is 0 Å². The van der Waals surface area contributed by atoms with Gasteiger partial charge in [-0.2, -0.15) is 0 Å². The maximum Gasteiger partial charge on any atom is 0.410 e. The molecule has 0 aliphatic carbocycles. The third-order valence-electron chi connectivity index (χ3n) is 10.4. The molecule has 3 aromatic rings. The fourth-order valence-corrected chi connectivity index (χ4v) is 7.85. The van der Waals surface area contributed by atoms with E-state index in [4.69, 9.17) is 14.5 Å². The largest absolute Gasteiger partial charge is 0.458 e. The number of likely N-dealkylation sites (tertiary alicyclic amines) is 2. The molecule has 0 radical (unpaired) electrons. The highest BCUT2D eigenvalue weighted by atomic mass is 16.6. The van der Waals surface area contributed by atoms with Crippen molar-refractivity contribution in [3.8, 4) is 11.4 Å². The first kappa shape index (κ1) is 29.9. The van der Waals surface area contributed by atoms with Crippen molar-refractivity contribution in [1.82, 2.24) is 19.4 Å². The number of hydrogen-bond acceptors (Lipinski definition) is 8. The van der Waals surface area contributed by atoms with Crippen molar-refractivity contribution < 1.29 is 24.2 Å². The summed E-state index contributed by atoms with van der Waals surface area (Å²) in [6, 6.07) is 8.22. The minimum Gasteiger partial charge on any atom is -0.458 e. The van der Waals surface area contributed by atoms with Crippen LogP contribution in [-0.4, -0.2) is 68.7 Å². The number of fused-ring (bicyclic) bond motifs is 5. The van der Waals surface area contributed by atoms with Gasteiger partial charge in [0.05, 0.1) is 29.0 Å². The molecule has 1 N–H and O–H groups in total. The maximum absolute atomic E-state index is 13.6. The molecule has 0 bridgehead atoms. The Morgan fingerprint density at radius 3 is 2.64 bits per heavy atom. The average Bonchev–Trinajstić information content (AvgIpc) is 3.25. The van der Waals surface area contributed by atoms with Gasteiger partial charge in [0.1, 0.15) is 13.2 Å². The number of benzene rings is 1. The number of carbonyl (C=O) groups excluding carboxylic acids is 2. The molecular weight excluding hydrogens is 572 g/mol. The Balaban J connectivity index is 1.12. The first-order valence-electron chi connectivity index (χ1n) is 16.6. The molecule has 0 saturated carbocycles. The minimum atomic E-state index is -1.86. The minimum absolute atomic E-state index is 0.101. The molecule has 1 amide bonds. The Morgan fingerprint density at radius 2 is 1.87 bits per heavy atom. The monoisotopic (exact) mass is 614 g/mol. The van der Waals surface area contributed by atoms with Crippen molar-refractivity contribution >= 4 is 23.0 Å². The number of aromatic nitrogens is 2. The first-order chi connectivity index (χ1) is 21.8. The molecule has 4 aliphatic heterocycles. The summed E-state index contributed by atoms with van der Waals surface area (Å²) in [6.07, 6.45) is 7.58. The molecule has 2 aromatic heterocycles. The number of cyclic esters (lactones) is 1. The van der Waals surface area contributed by atoms with E-state index in [-0.39, 0.29) is 31.3 Å². The summed E-state index contributed by atoms with van der Waals surface area (Å²) >= 11 is 0. The highest BCUT2D eigenvalue weighted by molar-refractivity contribution is 5.89. The lowest BCUT2D eigenvalue weighted by Crippen LogP contribution is -2.44. The highest BCUT2D eigenvalue weighted by Crippen LogP contribution is 2.40. The quantitative estimate of drug-likeness (QED) is 0.324. The molecule has 10 nitrogen and oxygen atoms in total. The van der Waals surface area contributed by atoms with Gasteiger partial charge in [0.15, 0.2) is 5.60 Å². The van der Waals surface area contributed by atoms with Crippen LogP contribution in [0.4, 0.5) is 4.79 Å². The molecule has 10 heteroatoms. The summed E-state index contributed by atoms with van der Waals surface area (Å²) in [5.41, 5.74) is 3.50. The van der Waals surface area contributed by atoms with Crippen LogP contribution in [0.15, 0.2) is 29.1 Å². The third-order valence-corrected chi connectivity index (χ3v) is 10.4. The van der Waals surface area contributed by atoms with E-state index in [9.17, 15) is 19.5 Å². The number of amides is 1. The summed E-state index contributed by atoms with van der Waals surface area (Å²) in [6.45, 7) is 7.98. The zero-order valence-electron chi connectivity index (χ0n) is 26.3. The Labute approximate surface area is 262 Å². The summed E-state index contributed by atoms with van der Waals surface area (Å²) in [5, 5.41) is 12.1. The van der Waals surface area contributed by atoms with Gasteiger partial charge in [-0.1, -0.05) is 26.3 Å². The number of aryl methyl sites for hydroxylation is 1. The third kappa shape index (κ3) is 5.12. The molecule has 7 rings (SSSR count). The number of piperidine rings is 1. The van der Waals surface area contributed by atoms with Gasteiger partial charge in [-0.3, -0.25) is 4.79 Å². The zero-order chi connectivity index (χ0) is 31.3. The molecule has 2 saturated heterocycles. The second-order valence-electron chi connectivity index (χ2n) is 12.9. The lowest BCUT2D eigenvalue weighted by atomic mass is 9.86. The van der Waals surface area contributed by atoms with Crippen LogP contribution in [0.2, 0.25) is 0 Å². The molecule has 2 atom stereocenters. The van der Waals surface area contributed by atoms with E-state index in [1.807, 2.05) is 23.1 Å². The van der Waals surface area contributed by atoms with Crippen molar-refractivity contribution in [1.29, 1.82) is 0 Å². The molecule has 1 aromatic carbocycles. The van der Waals surface area contributed by atoms with Gasteiger partial charge >= 0.3 is 12.1 Å². The van der Waals surface area contributed by atoms with Gasteiger partial charge in [-0.05, 0) is 87.4 Å². The standard InChI is InChI=1S/C35H42N4O6/c1-3-24-25-17-22(20-45-34(42)38-15-8-9-23(12-16-38)37-13-6-5-7-14-37)10-11-29(25)36-31-26(24)19-39-30(31)18-28-27(32(39)40)21-44-33(41)35(28,43)4-2/h10-11,17-18,23,43H,3-9,12-16,19-21H2,1-2H3/t23?,35-/m0/s1. The lowest BCUT2D eigenvalue weighted by molar-refractivity contribution is -0.172. The van der Waals surface area contributed by atoms with Crippen molar-refractivity contribution in [2.45, 2.75) is 96.6 Å². The average molecular weight is 615 g/mol. The molecule has 4 aliphatic rings. The number of pyridine rings is 2. The predicted molar refractivity (Wildman–Crippen MR) is 169 cm³/mol. The van der Waals surface area contributed by atoms with Crippen LogP contribution in [0, 0.1) is 0 Å². The molecule has 238 valence electrons. The van der Waals surface area contributed by atoms with Crippen molar-refractivity contribution in [2.24, 2.45) is 0 Å². The Morgan fingerprint density at radius 1 is 1.04 bits per heavy atom. The van der Waals surface area contributed by atoms with Crippen LogP contribution in [-0.2, 0) is 46.0 Å². The van der Waals surface area contributed by atoms with Gasteiger partial charge in [0, 0.05) is 35.6 Å². The van der Waals surface area contributed by atoms with E-state index in [1.54, 1.807) is 17.6 Å². The topological polar surface area (TPSA) is 114 Å². The normalized spacial score (nSPS) is 23.2. The van der Waals surface area contributed by atoms with Gasteiger partial charge < -0.3 is 28.9 Å². The Bertz CT molecular complexity index is 1730. The summed E-state index contributed by atoms with van der Waals surface area (Å²) < 4.78 is 12.7. The summed E-state index contributed by atoms with van der Waals surface area (Å²) in [5.74, 6) is -0.730. The number of ether oxygens (including phenoxy) is 2. The molecule has 0 spiro atoms. The predicted octanol–water partition coefficient (Wildman–Crippen LogP) is 4.62. The molecular formula is C35H42N4O6. The number of aliphatic hydroxyl groups is 1. The zero-order valence-corrected chi connectivity index (χ0v) is 26.3. The molecule has 45 heavy (non-hydrogen) atoms. The van der Waals surface area contributed by atoms with Gasteiger partial charge in [-0.25, -0.2) is 14.6 Å². The highest BCUT2D eigenvalue weighted by Gasteiger charge is 2.45. The van der Waals surface area contributed by atoms with Gasteiger partial charge in [0.2, 0.25) is 0 Å². The van der Waals surface area contributed by atoms with E-state index < -0.39 is 11.6 Å². The number of nitrogens with zero attached hydrogens (tertiary/aromatic N) is 4. The molecule has 2 fully saturated rings. The first-order valence-corrected chi connectivity index (χ1v) is 16.6. The number of rotatable bonds is 5. The molecule has 6 heterocycles. The Hall–Kier alpha value is -3.76. The maximum atomic E-state index is 13.6. The second kappa shape index (κ2) is 11.9. The van der Waals surface area contributed by atoms with Crippen LogP contribution in [0.1, 0.15) is 86.6 Å². The number of carbonyl (C=O) groups is 2. The van der Waals surface area contributed by atoms with Crippen molar-refractivity contribution in [3.05, 3.63) is 62.4 Å². The summed E-state index contributed by atoms with van der Waals surface area (Å²) in [7, 11) is 0. The smallest absolute Gasteiger partial charge is 0.410 e. The van der Waals surface area contributed by atoms with Crippen molar-refractivity contribution in [2.75, 3.05) is 26.2 Å². The number of hydrogen-bond donors (Lipinski definition) is 1. The Kier molecular flexibility index (Phi) is 7.90. The molecule has 1 unspecified atom stereocenters. The second-order valence-corrected chi connectivity index (χ2v) is 12.9. The van der Waals surface area contributed by atoms with E-state index in [0.717, 1.165) is 66.4 Å². The van der Waals surface area contributed by atoms with Gasteiger partial charge in [0.25, 0.3) is 5.56 Å². The van der Waals surface area contributed by atoms with Gasteiger partial charge in [-0.15, -0.1) is 0 Å². The number of esters is 1. The van der Waals surface area contributed by atoms with Crippen LogP contribution in [0.25, 0.3) is 22.3 Å². The van der Waals surface area contributed by atoms with E-state index in [2.05, 4.69) is 11.8 Å². The van der Waals surface area contributed by atoms with Crippen LogP contribution in [0.5, 0.6) is 0 Å². The lowest BCUT2D eigenvalue weighted by Gasteiger charge is -2.34. The fraction of sp³-hybridized carbons (Fsp3) is 0.543. The fourth-order valence-electron chi connectivity index (χ4n) is 7.85. The van der Waals surface area contributed by atoms with E-state index in [1.165, 1.54) is 32.4 Å². The van der Waals surface area contributed by atoms with Crippen molar-refractivity contribution in [3.63, 3.8) is 0 Å². The van der Waals surface area contributed by atoms with Crippen LogP contribution in [0.3, 0.4) is 0 Å². The van der Waals surface area contributed by atoms with Crippen LogP contribution < -0.4 is 5.56 Å². The SMILES string of the molecule is CCc1c2c(nc3ccc(COC(=O)N4CCCC(N5CCCCC5)CC4)cc13)-c1cc3c(c(=O)n1C2)COC(=O)[C@]3(O)CC. The van der Waals surface area contributed by atoms with E-state index in [0.29, 0.717) is 35.1 Å².